The molecule has 0 spiro atoms. The number of piperidine rings is 1. The Kier molecular flexibility index (Phi) is 14.3. The maximum Gasteiger partial charge on any atom is 0.246 e. The van der Waals surface area contributed by atoms with E-state index < -0.39 is 23.6 Å². The zero-order valence-corrected chi connectivity index (χ0v) is 42.6. The van der Waals surface area contributed by atoms with Gasteiger partial charge in [0.05, 0.1) is 33.6 Å². The lowest BCUT2D eigenvalue weighted by atomic mass is 9.77. The second-order valence-electron chi connectivity index (χ2n) is 21.4. The molecule has 3 aliphatic heterocycles. The van der Waals surface area contributed by atoms with E-state index in [0.29, 0.717) is 48.9 Å². The van der Waals surface area contributed by atoms with Crippen molar-refractivity contribution in [1.82, 2.24) is 40.7 Å². The smallest absolute Gasteiger partial charge is 0.246 e. The Morgan fingerprint density at radius 1 is 0.822 bits per heavy atom. The van der Waals surface area contributed by atoms with Crippen molar-refractivity contribution in [3.05, 3.63) is 125 Å². The summed E-state index contributed by atoms with van der Waals surface area (Å²) in [6.07, 6.45) is 7.87. The number of phenols is 1. The first kappa shape index (κ1) is 49.7. The molecule has 6 aromatic rings. The number of aliphatic hydroxyl groups is 1. The van der Waals surface area contributed by atoms with Crippen molar-refractivity contribution in [2.75, 3.05) is 30.3 Å². The van der Waals surface area contributed by atoms with Crippen LogP contribution in [0.5, 0.6) is 5.75 Å². The number of aromatic hydroxyl groups is 1. The Morgan fingerprint density at radius 2 is 1.51 bits per heavy atom. The molecule has 6 N–H and O–H groups in total. The zero-order chi connectivity index (χ0) is 51.0. The molecule has 73 heavy (non-hydrogen) atoms. The van der Waals surface area contributed by atoms with Crippen molar-refractivity contribution < 1.29 is 24.6 Å². The molecular formula is C56H64N11O5S-. The normalized spacial score (nSPS) is 23.4. The Hall–Kier alpha value is -6.82. The number of hydrogen-bond acceptors (Lipinski definition) is 13. The Balaban J connectivity index is 0.703. The molecule has 3 aromatic heterocycles. The average molecular weight is 1000 g/mol. The van der Waals surface area contributed by atoms with Gasteiger partial charge < -0.3 is 41.7 Å². The molecule has 5 atom stereocenters. The van der Waals surface area contributed by atoms with E-state index in [4.69, 9.17) is 21.0 Å². The highest BCUT2D eigenvalue weighted by atomic mass is 32.1. The van der Waals surface area contributed by atoms with Gasteiger partial charge in [-0.25, -0.2) is 15.0 Å². The second kappa shape index (κ2) is 21.0. The number of aromatic nitrogens is 5. The molecule has 1 saturated carbocycles. The Labute approximate surface area is 430 Å². The number of para-hydroxylation sites is 1. The third-order valence-electron chi connectivity index (χ3n) is 15.3. The van der Waals surface area contributed by atoms with Crippen molar-refractivity contribution in [2.24, 2.45) is 11.3 Å². The average Bonchev–Trinajstić information content (AvgIpc) is 4.02. The maximum atomic E-state index is 14.3. The van der Waals surface area contributed by atoms with E-state index in [2.05, 4.69) is 55.0 Å². The molecule has 3 aromatic carbocycles. The molecule has 2 bridgehead atoms. The monoisotopic (exact) mass is 1000 g/mol. The minimum absolute atomic E-state index is 0.0256. The number of rotatable bonds is 12. The third kappa shape index (κ3) is 10.9. The molecular weight excluding hydrogens is 939 g/mol. The van der Waals surface area contributed by atoms with Crippen LogP contribution in [0.25, 0.3) is 38.1 Å². The Morgan fingerprint density at radius 3 is 2.16 bits per heavy atom. The number of fused-ring (bicyclic) bond motifs is 2. The summed E-state index contributed by atoms with van der Waals surface area (Å²) in [5, 5.41) is 40.8. The number of amides is 3. The predicted molar refractivity (Wildman–Crippen MR) is 282 cm³/mol. The van der Waals surface area contributed by atoms with Gasteiger partial charge in [0.15, 0.2) is 5.82 Å². The van der Waals surface area contributed by atoms with E-state index in [1.807, 2.05) is 88.1 Å². The van der Waals surface area contributed by atoms with Gasteiger partial charge in [0.1, 0.15) is 23.7 Å². The number of nitrogens with two attached hydrogens (primary N) is 1. The lowest BCUT2D eigenvalue weighted by Crippen LogP contribution is -2.58. The van der Waals surface area contributed by atoms with Gasteiger partial charge in [0.25, 0.3) is 0 Å². The molecule has 4 aliphatic rings. The third-order valence-corrected chi connectivity index (χ3v) is 16.2. The van der Waals surface area contributed by atoms with Crippen LogP contribution in [0.15, 0.2) is 96.8 Å². The van der Waals surface area contributed by atoms with Crippen molar-refractivity contribution in [1.29, 1.82) is 0 Å². The van der Waals surface area contributed by atoms with E-state index in [0.717, 1.165) is 70.0 Å². The summed E-state index contributed by atoms with van der Waals surface area (Å²) in [6.45, 7) is 9.42. The zero-order valence-electron chi connectivity index (χ0n) is 41.8. The van der Waals surface area contributed by atoms with E-state index in [1.54, 1.807) is 23.5 Å². The standard InChI is InChI=1S/C56H64N11O5S/c1-32-49(73-31-61-32)37-11-9-33(10-12-37)25-60-54(71)47-23-43(68)30-67(47)55(72)50(56(2,3)4)63-53(70)38-19-17-35(18-20-38)34-13-15-36(16-14-34)40-26-58-52(59-27-40)39-21-41-28-66(29-42(22-39)62-41)46-24-45(64-65-51(46)57)44-7-5-6-8-48(44)69/h5-16,24,26-27,31,35,38-39,41-43,47,50,68-69H,17-23,25,28-30H2,1-4H3,(H2,57,65)(H,60,71)(H,63,70)/q-1/t35?,38?,39?,41?,42?,43-,47+,50-/m1/s1. The fourth-order valence-corrected chi connectivity index (χ4v) is 12.1. The molecule has 0 radical (unpaired) electrons. The van der Waals surface area contributed by atoms with E-state index >= 15 is 0 Å². The number of piperazine rings is 1. The summed E-state index contributed by atoms with van der Waals surface area (Å²) in [5.41, 5.74) is 15.7. The maximum absolute atomic E-state index is 14.3. The second-order valence-corrected chi connectivity index (χ2v) is 22.3. The first-order valence-corrected chi connectivity index (χ1v) is 26.4. The molecule has 2 unspecified atom stereocenters. The number of carbonyl (C=O) groups is 3. The number of aryl methyl sites for hydroxylation is 1. The van der Waals surface area contributed by atoms with Crippen LogP contribution in [0.3, 0.4) is 0 Å². The van der Waals surface area contributed by atoms with Crippen LogP contribution in [0.1, 0.15) is 100 Å². The molecule has 4 fully saturated rings. The molecule has 1 aliphatic carbocycles. The van der Waals surface area contributed by atoms with Crippen molar-refractivity contribution in [3.8, 4) is 38.6 Å². The molecule has 6 heterocycles. The lowest BCUT2D eigenvalue weighted by Gasteiger charge is -2.55. The number of hydrogen-bond donors (Lipinski definition) is 5. The van der Waals surface area contributed by atoms with Crippen LogP contribution in [0, 0.1) is 18.3 Å². The minimum atomic E-state index is -0.875. The number of thiazole rings is 1. The van der Waals surface area contributed by atoms with E-state index in [9.17, 15) is 24.6 Å². The number of aliphatic hydroxyl groups excluding tert-OH is 1. The number of β-amino-alcohol motifs (C(OH)–C–C–N with tert-alkyl or cyclic N) is 1. The topological polar surface area (TPSA) is 227 Å². The van der Waals surface area contributed by atoms with Gasteiger partial charge in [-0.1, -0.05) is 94.3 Å². The number of nitrogen functional groups attached to an aromatic ring is 1. The summed E-state index contributed by atoms with van der Waals surface area (Å²) >= 11 is 1.59. The SMILES string of the molecule is Cc1ncsc1-c1ccc(CNC(=O)[C@@H]2C[C@@H](O)CN2C(=O)[C@@H](NC(=O)C2CCC(c3ccc(-c4cnc(C5CC6CN(c7cc(-c8ccccc8O)nnc7N)CC(C5)[N-]6)nc4)cc3)CC2)C(C)(C)C)cc1. The number of anilines is 2. The highest BCUT2D eigenvalue weighted by Gasteiger charge is 2.45. The van der Waals surface area contributed by atoms with Gasteiger partial charge in [0, 0.05) is 68.0 Å². The first-order valence-electron chi connectivity index (χ1n) is 25.5. The predicted octanol–water partition coefficient (Wildman–Crippen LogP) is 7.91. The first-order chi connectivity index (χ1) is 35.1. The highest BCUT2D eigenvalue weighted by molar-refractivity contribution is 7.13. The largest absolute Gasteiger partial charge is 0.654 e. The summed E-state index contributed by atoms with van der Waals surface area (Å²) in [4.78, 5) is 60.8. The van der Waals surface area contributed by atoms with Crippen molar-refractivity contribution >= 4 is 40.6 Å². The number of phenolic OH excluding ortho intramolecular Hbond substituents is 1. The number of nitrogens with one attached hydrogen (secondary N) is 2. The van der Waals surface area contributed by atoms with Crippen molar-refractivity contribution in [2.45, 2.75) is 121 Å². The quantitative estimate of drug-likeness (QED) is 0.0788. The van der Waals surface area contributed by atoms with Crippen LogP contribution >= 0.6 is 11.3 Å². The van der Waals surface area contributed by atoms with Gasteiger partial charge in [-0.2, -0.15) is 0 Å². The van der Waals surface area contributed by atoms with Gasteiger partial charge in [0.2, 0.25) is 17.7 Å². The van der Waals surface area contributed by atoms with Crippen LogP contribution in [-0.4, -0.2) is 108 Å². The fourth-order valence-electron chi connectivity index (χ4n) is 11.2. The van der Waals surface area contributed by atoms with Crippen molar-refractivity contribution in [3.63, 3.8) is 0 Å². The van der Waals surface area contributed by atoms with Gasteiger partial charge in [-0.3, -0.25) is 14.4 Å². The highest BCUT2D eigenvalue weighted by Crippen LogP contribution is 2.42. The number of benzene rings is 3. The van der Waals surface area contributed by atoms with Gasteiger partial charge in [-0.15, -0.1) is 33.6 Å². The number of carbonyl (C=O) groups excluding carboxylic acids is 3. The van der Waals surface area contributed by atoms with E-state index in [-0.39, 0.29) is 66.9 Å². The van der Waals surface area contributed by atoms with Crippen LogP contribution in [0.2, 0.25) is 0 Å². The Bertz CT molecular complexity index is 2920. The summed E-state index contributed by atoms with van der Waals surface area (Å²) < 4.78 is 0. The van der Waals surface area contributed by atoms with Gasteiger partial charge in [-0.05, 0) is 84.4 Å². The number of nitrogens with zero attached hydrogens (tertiary/aromatic N) is 8. The molecule has 3 amide bonds. The van der Waals surface area contributed by atoms with Crippen LogP contribution < -0.4 is 21.3 Å². The molecule has 17 heteroatoms. The molecule has 3 saturated heterocycles. The molecule has 16 nitrogen and oxygen atoms in total. The van der Waals surface area contributed by atoms with E-state index in [1.165, 1.54) is 10.5 Å². The summed E-state index contributed by atoms with van der Waals surface area (Å²) in [5.74, 6) is 0.755. The fraction of sp³-hybridized carbons (Fsp3) is 0.429. The molecule has 10 rings (SSSR count). The van der Waals surface area contributed by atoms with Gasteiger partial charge >= 0.3 is 0 Å². The molecule has 380 valence electrons. The lowest BCUT2D eigenvalue weighted by molar-refractivity contribution is -0.144. The van der Waals surface area contributed by atoms with Crippen LogP contribution in [-0.2, 0) is 20.9 Å². The minimum Gasteiger partial charge on any atom is -0.654 e. The summed E-state index contributed by atoms with van der Waals surface area (Å²) in [7, 11) is 0. The van der Waals surface area contributed by atoms with Crippen LogP contribution in [0.4, 0.5) is 11.5 Å². The number of likely N-dealkylation sites (tertiary alicyclic amines) is 1. The summed E-state index contributed by atoms with van der Waals surface area (Å²) in [6, 6.07) is 24.0.